The van der Waals surface area contributed by atoms with Gasteiger partial charge in [0.25, 0.3) is 5.91 Å². The predicted molar refractivity (Wildman–Crippen MR) is 125 cm³/mol. The average molecular weight is 438 g/mol. The van der Waals surface area contributed by atoms with Crippen LogP contribution in [-0.2, 0) is 13.0 Å². The highest BCUT2D eigenvalue weighted by Gasteiger charge is 2.25. The second kappa shape index (κ2) is 9.43. The number of nitrogens with zero attached hydrogens (tertiary/aromatic N) is 2. The van der Waals surface area contributed by atoms with Crippen LogP contribution in [0.5, 0.6) is 0 Å². The Hall–Kier alpha value is -2.70. The molecular weight excluding hydrogens is 405 g/mol. The Morgan fingerprint density at radius 1 is 1.12 bits per heavy atom. The summed E-state index contributed by atoms with van der Waals surface area (Å²) in [7, 11) is 0. The Morgan fingerprint density at radius 3 is 2.47 bits per heavy atom. The summed E-state index contributed by atoms with van der Waals surface area (Å²) in [6, 6.07) is 15.8. The highest BCUT2D eigenvalue weighted by molar-refractivity contribution is 5.93. The van der Waals surface area contributed by atoms with Gasteiger partial charge < -0.3 is 9.47 Å². The van der Waals surface area contributed by atoms with Gasteiger partial charge in [-0.1, -0.05) is 30.3 Å². The molecular formula is C26H32FN3O2. The van der Waals surface area contributed by atoms with Crippen molar-refractivity contribution < 1.29 is 14.4 Å². The fourth-order valence-corrected chi connectivity index (χ4v) is 4.81. The summed E-state index contributed by atoms with van der Waals surface area (Å²) in [5, 5.41) is 10.0. The number of hydrogen-bond donors (Lipinski definition) is 2. The van der Waals surface area contributed by atoms with E-state index in [-0.39, 0.29) is 0 Å². The lowest BCUT2D eigenvalue weighted by Crippen LogP contribution is -2.41. The van der Waals surface area contributed by atoms with Gasteiger partial charge in [-0.25, -0.2) is 9.87 Å². The second-order valence-electron chi connectivity index (χ2n) is 9.58. The summed E-state index contributed by atoms with van der Waals surface area (Å²) in [6.45, 7) is 6.71. The molecule has 1 aliphatic rings. The first kappa shape index (κ1) is 22.5. The molecule has 0 atom stereocenters. The number of halogens is 1. The third-order valence-corrected chi connectivity index (χ3v) is 6.34. The molecule has 2 N–H and O–H groups in total. The van der Waals surface area contributed by atoms with E-state index in [4.69, 9.17) is 5.21 Å². The van der Waals surface area contributed by atoms with Crippen LogP contribution in [0.1, 0.15) is 48.2 Å². The Kier molecular flexibility index (Phi) is 6.63. The van der Waals surface area contributed by atoms with Gasteiger partial charge >= 0.3 is 0 Å². The normalized spacial score (nSPS) is 15.9. The Bertz CT molecular complexity index is 1060. The number of piperidine rings is 1. The highest BCUT2D eigenvalue weighted by atomic mass is 19.1. The van der Waals surface area contributed by atoms with E-state index in [1.54, 1.807) is 31.5 Å². The van der Waals surface area contributed by atoms with Crippen molar-refractivity contribution in [2.24, 2.45) is 5.92 Å². The lowest BCUT2D eigenvalue weighted by atomic mass is 9.95. The van der Waals surface area contributed by atoms with Crippen LogP contribution in [-0.4, -0.2) is 45.9 Å². The van der Waals surface area contributed by atoms with Crippen LogP contribution >= 0.6 is 0 Å². The molecule has 6 heteroatoms. The molecule has 1 fully saturated rings. The van der Waals surface area contributed by atoms with Gasteiger partial charge in [0.15, 0.2) is 0 Å². The molecule has 0 radical (unpaired) electrons. The zero-order valence-electron chi connectivity index (χ0n) is 18.9. The van der Waals surface area contributed by atoms with E-state index >= 15 is 0 Å². The molecule has 170 valence electrons. The molecule has 0 aliphatic carbocycles. The number of hydroxylamine groups is 1. The summed E-state index contributed by atoms with van der Waals surface area (Å²) < 4.78 is 16.3. The van der Waals surface area contributed by atoms with Crippen LogP contribution in [0.3, 0.4) is 0 Å². The van der Waals surface area contributed by atoms with Gasteiger partial charge in [0.2, 0.25) is 0 Å². The molecule has 2 heterocycles. The summed E-state index contributed by atoms with van der Waals surface area (Å²) in [6.07, 6.45) is 5.22. The first-order valence-electron chi connectivity index (χ1n) is 11.3. The molecule has 2 aromatic carbocycles. The summed E-state index contributed by atoms with van der Waals surface area (Å²) in [5.74, 6) is 0.0863. The van der Waals surface area contributed by atoms with Crippen molar-refractivity contribution in [2.75, 3.05) is 19.6 Å². The third kappa shape index (κ3) is 5.37. The van der Waals surface area contributed by atoms with Crippen LogP contribution < -0.4 is 5.48 Å². The van der Waals surface area contributed by atoms with Crippen LogP contribution in [0, 0.1) is 5.92 Å². The number of fused-ring (bicyclic) bond motifs is 1. The van der Waals surface area contributed by atoms with Gasteiger partial charge in [-0.15, -0.1) is 0 Å². The van der Waals surface area contributed by atoms with E-state index in [0.29, 0.717) is 18.0 Å². The number of amides is 1. The number of alkyl halides is 1. The van der Waals surface area contributed by atoms with Gasteiger partial charge in [-0.05, 0) is 81.4 Å². The largest absolute Gasteiger partial charge is 0.347 e. The topological polar surface area (TPSA) is 57.5 Å². The fourth-order valence-electron chi connectivity index (χ4n) is 4.81. The number of nitrogens with one attached hydrogen (secondary N) is 1. The van der Waals surface area contributed by atoms with Crippen molar-refractivity contribution in [3.8, 4) is 0 Å². The van der Waals surface area contributed by atoms with Gasteiger partial charge in [0.1, 0.15) is 5.67 Å². The number of benzene rings is 2. The molecule has 4 rings (SSSR count). The number of carbonyl (C=O) groups excluding carboxylic acids is 1. The molecule has 1 amide bonds. The zero-order chi connectivity index (χ0) is 22.7. The number of para-hydroxylation sites is 1. The van der Waals surface area contributed by atoms with E-state index in [1.165, 1.54) is 16.5 Å². The Balaban J connectivity index is 1.47. The van der Waals surface area contributed by atoms with Gasteiger partial charge in [0, 0.05) is 35.8 Å². The van der Waals surface area contributed by atoms with Gasteiger partial charge in [-0.2, -0.15) is 0 Å². The number of rotatable bonds is 7. The molecule has 3 aromatic rings. The first-order valence-corrected chi connectivity index (χ1v) is 11.3. The molecule has 1 aliphatic heterocycles. The maximum Gasteiger partial charge on any atom is 0.274 e. The standard InChI is InChI=1S/C26H32FN3O2/c1-26(2,27)18-29-13-11-20(12-14-29)16-30-17-22(23-5-3-4-6-24(23)30)15-19-7-9-21(10-8-19)25(31)28-32/h3-10,17,20,32H,11-16,18H2,1-2H3,(H,28,31). The van der Waals surface area contributed by atoms with Crippen molar-refractivity contribution in [1.82, 2.24) is 14.9 Å². The van der Waals surface area contributed by atoms with E-state index in [2.05, 4.69) is 39.9 Å². The first-order chi connectivity index (χ1) is 15.3. The molecule has 0 bridgehead atoms. The molecule has 0 spiro atoms. The van der Waals surface area contributed by atoms with Crippen molar-refractivity contribution in [3.05, 3.63) is 71.4 Å². The van der Waals surface area contributed by atoms with E-state index in [1.807, 2.05) is 12.1 Å². The van der Waals surface area contributed by atoms with Crippen molar-refractivity contribution in [3.63, 3.8) is 0 Å². The minimum Gasteiger partial charge on any atom is -0.347 e. The summed E-state index contributed by atoms with van der Waals surface area (Å²) in [5.41, 5.74) is 4.58. The molecule has 1 saturated heterocycles. The smallest absolute Gasteiger partial charge is 0.274 e. The van der Waals surface area contributed by atoms with Gasteiger partial charge in [-0.3, -0.25) is 10.0 Å². The Labute approximate surface area is 188 Å². The van der Waals surface area contributed by atoms with Crippen LogP contribution in [0.25, 0.3) is 10.9 Å². The van der Waals surface area contributed by atoms with Crippen LogP contribution in [0.15, 0.2) is 54.7 Å². The lowest BCUT2D eigenvalue weighted by molar-refractivity contribution is 0.0706. The lowest BCUT2D eigenvalue weighted by Gasteiger charge is -2.34. The average Bonchev–Trinajstić information content (AvgIpc) is 3.11. The minimum atomic E-state index is -1.14. The van der Waals surface area contributed by atoms with Crippen molar-refractivity contribution >= 4 is 16.8 Å². The molecule has 5 nitrogen and oxygen atoms in total. The van der Waals surface area contributed by atoms with E-state index < -0.39 is 11.6 Å². The number of hydrogen-bond acceptors (Lipinski definition) is 3. The van der Waals surface area contributed by atoms with Crippen LogP contribution in [0.2, 0.25) is 0 Å². The third-order valence-electron chi connectivity index (χ3n) is 6.34. The quantitative estimate of drug-likeness (QED) is 0.412. The number of aromatic nitrogens is 1. The van der Waals surface area contributed by atoms with E-state index in [0.717, 1.165) is 44.5 Å². The molecule has 1 aromatic heterocycles. The minimum absolute atomic E-state index is 0.432. The zero-order valence-corrected chi connectivity index (χ0v) is 18.9. The van der Waals surface area contributed by atoms with E-state index in [9.17, 15) is 9.18 Å². The van der Waals surface area contributed by atoms with Gasteiger partial charge in [0.05, 0.1) is 0 Å². The monoisotopic (exact) mass is 437 g/mol. The molecule has 32 heavy (non-hydrogen) atoms. The number of likely N-dealkylation sites (tertiary alicyclic amines) is 1. The fraction of sp³-hybridized carbons (Fsp3) is 0.423. The highest BCUT2D eigenvalue weighted by Crippen LogP contribution is 2.28. The maximum atomic E-state index is 14.0. The van der Waals surface area contributed by atoms with Crippen LogP contribution in [0.4, 0.5) is 4.39 Å². The summed E-state index contributed by atoms with van der Waals surface area (Å²) >= 11 is 0. The molecule has 0 saturated carbocycles. The second-order valence-corrected chi connectivity index (χ2v) is 9.58. The van der Waals surface area contributed by atoms with Crippen molar-refractivity contribution in [2.45, 2.75) is 45.3 Å². The summed E-state index contributed by atoms with van der Waals surface area (Å²) in [4.78, 5) is 13.8. The molecule has 0 unspecified atom stereocenters. The predicted octanol–water partition coefficient (Wildman–Crippen LogP) is 4.81. The SMILES string of the molecule is CC(C)(F)CN1CCC(Cn2cc(Cc3ccc(C(=O)NO)cc3)c3ccccc32)CC1. The Morgan fingerprint density at radius 2 is 1.81 bits per heavy atom. The number of carbonyl (C=O) groups is 1. The van der Waals surface area contributed by atoms with Crippen molar-refractivity contribution in [1.29, 1.82) is 0 Å². The maximum absolute atomic E-state index is 14.0.